The number of nitrogens with one attached hydrogen (secondary N) is 1. The number of allylic oxidation sites excluding steroid dienone is 1. The van der Waals surface area contributed by atoms with Crippen molar-refractivity contribution in [2.24, 2.45) is 0 Å². The number of hydrogen-bond acceptors (Lipinski definition) is 2. The van der Waals surface area contributed by atoms with Crippen molar-refractivity contribution >= 4 is 11.8 Å². The van der Waals surface area contributed by atoms with Crippen molar-refractivity contribution in [2.75, 3.05) is 0 Å². The second kappa shape index (κ2) is 7.44. The Morgan fingerprint density at radius 3 is 2.35 bits per heavy atom. The van der Waals surface area contributed by atoms with Gasteiger partial charge in [0.05, 0.1) is 5.54 Å². The van der Waals surface area contributed by atoms with Crippen molar-refractivity contribution in [3.8, 4) is 0 Å². The first kappa shape index (κ1) is 18.9. The van der Waals surface area contributed by atoms with E-state index < -0.39 is 5.54 Å². The molecule has 1 aromatic rings. The van der Waals surface area contributed by atoms with E-state index in [2.05, 4.69) is 5.43 Å². The van der Waals surface area contributed by atoms with E-state index in [1.54, 1.807) is 13.0 Å². The Balaban J connectivity index is 3.12. The zero-order chi connectivity index (χ0) is 17.8. The normalized spacial score (nSPS) is 12.0. The number of hydrogen-bond donors (Lipinski definition) is 1. The molecule has 2 amide bonds. The van der Waals surface area contributed by atoms with Gasteiger partial charge in [-0.15, -0.1) is 0 Å². The van der Waals surface area contributed by atoms with Crippen LogP contribution in [-0.4, -0.2) is 22.4 Å². The van der Waals surface area contributed by atoms with Crippen LogP contribution >= 0.6 is 0 Å². The summed E-state index contributed by atoms with van der Waals surface area (Å²) in [6, 6.07) is 5.59. The molecule has 0 bridgehead atoms. The first-order chi connectivity index (χ1) is 10.6. The Hall–Kier alpha value is -2.10. The van der Waals surface area contributed by atoms with E-state index in [0.717, 1.165) is 17.5 Å². The summed E-state index contributed by atoms with van der Waals surface area (Å²) < 4.78 is 0. The van der Waals surface area contributed by atoms with Crippen molar-refractivity contribution in [2.45, 2.75) is 60.4 Å². The molecule has 4 heteroatoms. The predicted molar refractivity (Wildman–Crippen MR) is 94.0 cm³/mol. The molecular weight excluding hydrogens is 288 g/mol. The quantitative estimate of drug-likeness (QED) is 0.678. The number of amides is 2. The number of carbonyl (C=O) groups is 2. The molecule has 0 unspecified atom stereocenters. The first-order valence-electron chi connectivity index (χ1n) is 7.98. The Morgan fingerprint density at radius 1 is 1.22 bits per heavy atom. The Bertz CT molecular complexity index is 625. The van der Waals surface area contributed by atoms with Gasteiger partial charge in [-0.25, -0.2) is 5.01 Å². The molecule has 0 aliphatic heterocycles. The maximum absolute atomic E-state index is 12.6. The second-order valence-electron chi connectivity index (χ2n) is 6.80. The topological polar surface area (TPSA) is 49.4 Å². The van der Waals surface area contributed by atoms with Gasteiger partial charge in [-0.3, -0.25) is 15.0 Å². The van der Waals surface area contributed by atoms with Crippen LogP contribution < -0.4 is 5.43 Å². The van der Waals surface area contributed by atoms with Crippen LogP contribution in [0.15, 0.2) is 29.8 Å². The van der Waals surface area contributed by atoms with Crippen molar-refractivity contribution in [3.05, 3.63) is 46.5 Å². The zero-order valence-electron chi connectivity index (χ0n) is 15.3. The minimum absolute atomic E-state index is 0.182. The van der Waals surface area contributed by atoms with Crippen molar-refractivity contribution in [1.29, 1.82) is 0 Å². The van der Waals surface area contributed by atoms with Crippen LogP contribution in [0.3, 0.4) is 0 Å². The summed E-state index contributed by atoms with van der Waals surface area (Å²) >= 11 is 0. The summed E-state index contributed by atoms with van der Waals surface area (Å²) in [5.74, 6) is -0.447. The van der Waals surface area contributed by atoms with E-state index in [4.69, 9.17) is 0 Å². The van der Waals surface area contributed by atoms with Gasteiger partial charge < -0.3 is 0 Å². The minimum Gasteiger partial charge on any atom is -0.268 e. The third-order valence-electron chi connectivity index (χ3n) is 3.78. The summed E-state index contributed by atoms with van der Waals surface area (Å²) in [5.41, 5.74) is 5.45. The predicted octanol–water partition coefficient (Wildman–Crippen LogP) is 3.93. The molecule has 1 N–H and O–H groups in total. The summed E-state index contributed by atoms with van der Waals surface area (Å²) in [7, 11) is 0. The van der Waals surface area contributed by atoms with Gasteiger partial charge in [0, 0.05) is 11.1 Å². The first-order valence-corrected chi connectivity index (χ1v) is 7.98. The highest BCUT2D eigenvalue weighted by Gasteiger charge is 2.29. The van der Waals surface area contributed by atoms with Gasteiger partial charge in [0.15, 0.2) is 0 Å². The fraction of sp³-hybridized carbons (Fsp3) is 0.474. The molecule has 1 rings (SSSR count). The average Bonchev–Trinajstić information content (AvgIpc) is 2.45. The number of nitrogens with zero attached hydrogens (tertiary/aromatic N) is 1. The summed E-state index contributed by atoms with van der Waals surface area (Å²) in [5, 5.41) is 1.42. The molecule has 0 aliphatic carbocycles. The van der Waals surface area contributed by atoms with Gasteiger partial charge in [0.25, 0.3) is 11.8 Å². The standard InChI is InChI=1S/C19H28N2O2/c1-8-10-14(3)18(23)21(19(5,6)7)20-17(22)16-12-9-11-13(2)15(16)4/h9-12H,8H2,1-7H3,(H,20,22). The van der Waals surface area contributed by atoms with Crippen molar-refractivity contribution in [1.82, 2.24) is 10.4 Å². The number of hydrazine groups is 1. The molecule has 0 aromatic heterocycles. The van der Waals surface area contributed by atoms with E-state index >= 15 is 0 Å². The van der Waals surface area contributed by atoms with E-state index in [9.17, 15) is 9.59 Å². The van der Waals surface area contributed by atoms with Crippen LogP contribution in [0.5, 0.6) is 0 Å². The fourth-order valence-electron chi connectivity index (χ4n) is 2.25. The lowest BCUT2D eigenvalue weighted by Crippen LogP contribution is -2.56. The highest BCUT2D eigenvalue weighted by Crippen LogP contribution is 2.17. The van der Waals surface area contributed by atoms with Gasteiger partial charge in [-0.2, -0.15) is 0 Å². The summed E-state index contributed by atoms with van der Waals surface area (Å²) in [6.07, 6.45) is 2.64. The molecule has 126 valence electrons. The Labute approximate surface area is 139 Å². The van der Waals surface area contributed by atoms with Gasteiger partial charge in [0.1, 0.15) is 0 Å². The third kappa shape index (κ3) is 4.68. The number of rotatable bonds is 3. The summed E-state index contributed by atoms with van der Waals surface area (Å²) in [4.78, 5) is 25.3. The van der Waals surface area contributed by atoms with E-state index in [1.807, 2.05) is 59.8 Å². The lowest BCUT2D eigenvalue weighted by Gasteiger charge is -2.36. The maximum Gasteiger partial charge on any atom is 0.270 e. The molecule has 0 atom stereocenters. The molecule has 1 aromatic carbocycles. The van der Waals surface area contributed by atoms with E-state index in [0.29, 0.717) is 11.1 Å². The minimum atomic E-state index is -0.521. The van der Waals surface area contributed by atoms with Gasteiger partial charge in [-0.1, -0.05) is 25.1 Å². The van der Waals surface area contributed by atoms with Crippen molar-refractivity contribution < 1.29 is 9.59 Å². The van der Waals surface area contributed by atoms with Crippen molar-refractivity contribution in [3.63, 3.8) is 0 Å². The highest BCUT2D eigenvalue weighted by molar-refractivity contribution is 5.99. The average molecular weight is 316 g/mol. The smallest absolute Gasteiger partial charge is 0.268 e. The van der Waals surface area contributed by atoms with Gasteiger partial charge in [-0.05, 0) is 65.2 Å². The van der Waals surface area contributed by atoms with Crippen LogP contribution in [0.1, 0.15) is 62.5 Å². The van der Waals surface area contributed by atoms with Gasteiger partial charge in [0.2, 0.25) is 0 Å². The van der Waals surface area contributed by atoms with Gasteiger partial charge >= 0.3 is 0 Å². The SMILES string of the molecule is CCC=C(C)C(=O)N(NC(=O)c1cccc(C)c1C)C(C)(C)C. The molecule has 0 aliphatic rings. The summed E-state index contributed by atoms with van der Waals surface area (Å²) in [6.45, 7) is 13.3. The molecule has 0 saturated heterocycles. The van der Waals surface area contributed by atoms with Crippen LogP contribution in [0, 0.1) is 13.8 Å². The van der Waals surface area contributed by atoms with Crippen LogP contribution in [-0.2, 0) is 4.79 Å². The molecule has 0 heterocycles. The highest BCUT2D eigenvalue weighted by atomic mass is 16.2. The fourth-order valence-corrected chi connectivity index (χ4v) is 2.25. The molecule has 0 radical (unpaired) electrons. The van der Waals surface area contributed by atoms with E-state index in [1.165, 1.54) is 5.01 Å². The molecular formula is C19H28N2O2. The van der Waals surface area contributed by atoms with E-state index in [-0.39, 0.29) is 11.8 Å². The zero-order valence-corrected chi connectivity index (χ0v) is 15.3. The lowest BCUT2D eigenvalue weighted by molar-refractivity contribution is -0.135. The molecule has 0 spiro atoms. The molecule has 4 nitrogen and oxygen atoms in total. The number of aryl methyl sites for hydroxylation is 1. The second-order valence-corrected chi connectivity index (χ2v) is 6.80. The number of carbonyl (C=O) groups excluding carboxylic acids is 2. The maximum atomic E-state index is 12.6. The molecule has 0 saturated carbocycles. The molecule has 23 heavy (non-hydrogen) atoms. The van der Waals surface area contributed by atoms with Crippen LogP contribution in [0.2, 0.25) is 0 Å². The third-order valence-corrected chi connectivity index (χ3v) is 3.78. The molecule has 0 fully saturated rings. The largest absolute Gasteiger partial charge is 0.270 e. The lowest BCUT2D eigenvalue weighted by atomic mass is 10.0. The Kier molecular flexibility index (Phi) is 6.13. The Morgan fingerprint density at radius 2 is 1.83 bits per heavy atom. The number of benzene rings is 1. The monoisotopic (exact) mass is 316 g/mol. The van der Waals surface area contributed by atoms with Crippen LogP contribution in [0.4, 0.5) is 0 Å². The van der Waals surface area contributed by atoms with Crippen LogP contribution in [0.25, 0.3) is 0 Å².